The van der Waals surface area contributed by atoms with Crippen LogP contribution in [0.3, 0.4) is 0 Å². The van der Waals surface area contributed by atoms with Gasteiger partial charge in [0.15, 0.2) is 0 Å². The predicted molar refractivity (Wildman–Crippen MR) is 530 cm³/mol. The molecule has 27 rings (SSSR count). The first-order chi connectivity index (χ1) is 61.4. The summed E-state index contributed by atoms with van der Waals surface area (Å²) < 4.78 is 10.1. The Morgan fingerprint density at radius 1 is 0.177 bits per heavy atom. The van der Waals surface area contributed by atoms with Gasteiger partial charge in [-0.15, -0.1) is 22.7 Å². The molecule has 0 aliphatic carbocycles. The molecule has 0 aliphatic heterocycles. The summed E-state index contributed by atoms with van der Waals surface area (Å²) in [5, 5.41) is 28.9. The first-order valence-electron chi connectivity index (χ1n) is 42.4. The molecule has 0 aliphatic rings. The number of rotatable bonds is 9. The number of aromatic nitrogens is 5. The molecule has 21 aromatic carbocycles. The lowest BCUT2D eigenvalue weighted by atomic mass is 9.88. The van der Waals surface area contributed by atoms with Gasteiger partial charge in [-0.25, -0.2) is 0 Å². The SMILES string of the molecule is c1cc(-c2cccc(-c3cccc4c3sc3ccccc34)c2)cc(-c2cc3c4ccccc4c4ccc(-c5ccc6c7cc(-c8cc(-c9ccc%10c%11ccccc%11c%11nccnc%11c%10c9)cc(-c9ccc%10c(c9)c9cc(-n%11c%12ccccc%12c%12ccccc%12%11)ccc9n%10-c9ccc%10sc%11ccccc%11c%10c9)c8)ccc7c7ccccc7c6c5)cc4c3cn2)c1. The molecule has 0 saturated heterocycles. The van der Waals surface area contributed by atoms with Crippen molar-refractivity contribution in [3.05, 3.63) is 407 Å². The second kappa shape index (κ2) is 26.9. The number of para-hydroxylation sites is 2. The minimum absolute atomic E-state index is 0.892. The van der Waals surface area contributed by atoms with Crippen LogP contribution in [0, 0.1) is 0 Å². The van der Waals surface area contributed by atoms with E-state index >= 15 is 0 Å². The molecule has 0 atom stereocenters. The molecule has 7 heteroatoms. The van der Waals surface area contributed by atoms with Gasteiger partial charge in [0.05, 0.1) is 38.8 Å². The highest BCUT2D eigenvalue weighted by molar-refractivity contribution is 7.26. The van der Waals surface area contributed by atoms with Gasteiger partial charge in [0.1, 0.15) is 0 Å². The molecule has 0 saturated carbocycles. The number of benzene rings is 21. The van der Waals surface area contributed by atoms with Crippen LogP contribution in [0.2, 0.25) is 0 Å². The summed E-state index contributed by atoms with van der Waals surface area (Å²) >= 11 is 3.73. The third-order valence-corrected chi connectivity index (χ3v) is 28.9. The fourth-order valence-corrected chi connectivity index (χ4v) is 23.1. The van der Waals surface area contributed by atoms with Crippen molar-refractivity contribution in [3.8, 4) is 89.4 Å². The molecule has 0 fully saturated rings. The van der Waals surface area contributed by atoms with Crippen molar-refractivity contribution in [2.45, 2.75) is 0 Å². The summed E-state index contributed by atoms with van der Waals surface area (Å²) in [6.45, 7) is 0. The molecular formula is C117H67N5S2. The average molecular weight is 1610 g/mol. The molecule has 0 spiro atoms. The molecule has 0 radical (unpaired) electrons. The Morgan fingerprint density at radius 2 is 0.532 bits per heavy atom. The van der Waals surface area contributed by atoms with Crippen LogP contribution in [0.1, 0.15) is 0 Å². The maximum atomic E-state index is 5.36. The molecule has 27 aromatic rings. The van der Waals surface area contributed by atoms with E-state index in [-0.39, 0.29) is 0 Å². The quantitative estimate of drug-likeness (QED) is 0.135. The van der Waals surface area contributed by atoms with Crippen LogP contribution in [0.5, 0.6) is 0 Å². The molecule has 0 N–H and O–H groups in total. The maximum absolute atomic E-state index is 5.36. The fraction of sp³-hybridized carbons (Fsp3) is 0. The van der Waals surface area contributed by atoms with Crippen molar-refractivity contribution in [2.24, 2.45) is 0 Å². The van der Waals surface area contributed by atoms with Gasteiger partial charge in [0.25, 0.3) is 0 Å². The Morgan fingerprint density at radius 3 is 1.15 bits per heavy atom. The monoisotopic (exact) mass is 1610 g/mol. The standard InChI is InChI=1S/C117H67N5S2/c1-3-25-86-83(22-1)88-46-40-72(61-99(88)91-48-39-70(59-98(86)91)71-38-45-89-84-23-2-4-26-87(84)101-66-107(120-67-106(101)100(89)60-71)76-21-16-19-69(55-76)68-18-15-20-75(54-68)82-32-17-33-97-94-29-9-14-37-113(94)124-117(82)97)77-56-78(73-41-47-90-85-24-5-6-31-96(85)115-116(105(90)63-73)119-53-52-118-115)58-79(57-77)74-42-49-110-102(62-74)103-64-80(121-108-34-11-7-27-92(108)93-28-8-12-35-109(93)121)43-50-111(103)122(110)81-44-51-114-104(65-81)95-30-10-13-36-112(95)123-114/h1-67H. The first kappa shape index (κ1) is 69.1. The van der Waals surface area contributed by atoms with Gasteiger partial charge < -0.3 is 9.13 Å². The van der Waals surface area contributed by atoms with Crippen LogP contribution >= 0.6 is 22.7 Å². The van der Waals surface area contributed by atoms with Crippen molar-refractivity contribution in [1.29, 1.82) is 0 Å². The van der Waals surface area contributed by atoms with Crippen LogP contribution < -0.4 is 0 Å². The first-order valence-corrected chi connectivity index (χ1v) is 44.0. The summed E-state index contributed by atoms with van der Waals surface area (Å²) in [6, 6.07) is 146. The zero-order valence-electron chi connectivity index (χ0n) is 66.7. The zero-order chi connectivity index (χ0) is 80.9. The van der Waals surface area contributed by atoms with E-state index in [9.17, 15) is 0 Å². The Kier molecular flexibility index (Phi) is 15.0. The van der Waals surface area contributed by atoms with E-state index in [4.69, 9.17) is 15.0 Å². The molecule has 6 aromatic heterocycles. The molecule has 0 unspecified atom stereocenters. The number of fused-ring (bicyclic) bond motifs is 30. The normalized spacial score (nSPS) is 12.2. The Labute approximate surface area is 718 Å². The van der Waals surface area contributed by atoms with E-state index in [0.717, 1.165) is 122 Å². The molecule has 572 valence electrons. The molecule has 124 heavy (non-hydrogen) atoms. The van der Waals surface area contributed by atoms with E-state index in [1.807, 2.05) is 35.1 Å². The van der Waals surface area contributed by atoms with E-state index in [1.165, 1.54) is 149 Å². The Hall–Kier alpha value is -15.8. The predicted octanol–water partition coefficient (Wildman–Crippen LogP) is 32.8. The summed E-state index contributed by atoms with van der Waals surface area (Å²) in [7, 11) is 0. The van der Waals surface area contributed by atoms with Crippen LogP contribution in [-0.2, 0) is 0 Å². The van der Waals surface area contributed by atoms with Gasteiger partial charge in [-0.05, 0) is 270 Å². The van der Waals surface area contributed by atoms with Gasteiger partial charge >= 0.3 is 0 Å². The average Bonchev–Trinajstić information content (AvgIpc) is 1.51. The summed E-state index contributed by atoms with van der Waals surface area (Å²) in [4.78, 5) is 15.4. The third-order valence-electron chi connectivity index (χ3n) is 26.5. The molecule has 5 nitrogen and oxygen atoms in total. The topological polar surface area (TPSA) is 48.5 Å². The van der Waals surface area contributed by atoms with E-state index in [0.29, 0.717) is 0 Å². The Bertz CT molecular complexity index is 9270. The highest BCUT2D eigenvalue weighted by atomic mass is 32.1. The van der Waals surface area contributed by atoms with E-state index < -0.39 is 0 Å². The number of hydrogen-bond donors (Lipinski definition) is 0. The van der Waals surface area contributed by atoms with E-state index in [2.05, 4.69) is 404 Å². The van der Waals surface area contributed by atoms with E-state index in [1.54, 1.807) is 0 Å². The molecule has 6 heterocycles. The second-order valence-electron chi connectivity index (χ2n) is 33.2. The van der Waals surface area contributed by atoms with Gasteiger partial charge in [-0.2, -0.15) is 0 Å². The van der Waals surface area contributed by atoms with Crippen molar-refractivity contribution >= 4 is 204 Å². The summed E-state index contributed by atoms with van der Waals surface area (Å²) in [5.74, 6) is 0. The van der Waals surface area contributed by atoms with Crippen LogP contribution in [-0.4, -0.2) is 24.1 Å². The molecule has 0 bridgehead atoms. The highest BCUT2D eigenvalue weighted by Gasteiger charge is 2.24. The van der Waals surface area contributed by atoms with Crippen LogP contribution in [0.25, 0.3) is 271 Å². The zero-order valence-corrected chi connectivity index (χ0v) is 68.4. The van der Waals surface area contributed by atoms with Crippen LogP contribution in [0.15, 0.2) is 407 Å². The molecular weight excluding hydrogens is 1540 g/mol. The molecule has 0 amide bonds. The number of nitrogens with zero attached hydrogens (tertiary/aromatic N) is 5. The lowest BCUT2D eigenvalue weighted by Crippen LogP contribution is -1.95. The Balaban J connectivity index is 0.608. The minimum Gasteiger partial charge on any atom is -0.309 e. The highest BCUT2D eigenvalue weighted by Crippen LogP contribution is 2.49. The number of hydrogen-bond acceptors (Lipinski definition) is 5. The van der Waals surface area contributed by atoms with Gasteiger partial charge in [0.2, 0.25) is 0 Å². The van der Waals surface area contributed by atoms with Crippen molar-refractivity contribution < 1.29 is 0 Å². The van der Waals surface area contributed by atoms with Crippen LogP contribution in [0.4, 0.5) is 0 Å². The summed E-state index contributed by atoms with van der Waals surface area (Å²) in [6.07, 6.45) is 5.76. The van der Waals surface area contributed by atoms with Crippen molar-refractivity contribution in [1.82, 2.24) is 24.1 Å². The lowest BCUT2D eigenvalue weighted by molar-refractivity contribution is 1.17. The summed E-state index contributed by atoms with van der Waals surface area (Å²) in [5.41, 5.74) is 24.5. The van der Waals surface area contributed by atoms with Crippen molar-refractivity contribution in [3.63, 3.8) is 0 Å². The number of thiophene rings is 2. The lowest BCUT2D eigenvalue weighted by Gasteiger charge is -2.16. The second-order valence-corrected chi connectivity index (χ2v) is 35.3. The van der Waals surface area contributed by atoms with Gasteiger partial charge in [0, 0.05) is 114 Å². The third kappa shape index (κ3) is 10.5. The van der Waals surface area contributed by atoms with Crippen molar-refractivity contribution in [2.75, 3.05) is 0 Å². The smallest absolute Gasteiger partial charge is 0.0971 e. The van der Waals surface area contributed by atoms with Gasteiger partial charge in [-0.1, -0.05) is 255 Å². The number of pyridine rings is 1. The van der Waals surface area contributed by atoms with Gasteiger partial charge in [-0.3, -0.25) is 15.0 Å². The largest absolute Gasteiger partial charge is 0.309 e. The minimum atomic E-state index is 0.892. The maximum Gasteiger partial charge on any atom is 0.0971 e. The fourth-order valence-electron chi connectivity index (χ4n) is 20.8.